The van der Waals surface area contributed by atoms with Crippen LogP contribution in [0.4, 0.5) is 33.7 Å². The Balaban J connectivity index is 1.57. The number of urea groups is 1. The lowest BCUT2D eigenvalue weighted by atomic mass is 10.2. The van der Waals surface area contributed by atoms with Gasteiger partial charge in [-0.2, -0.15) is 13.2 Å². The Labute approximate surface area is 221 Å². The van der Waals surface area contributed by atoms with Crippen LogP contribution < -0.4 is 20.9 Å². The van der Waals surface area contributed by atoms with E-state index in [0.29, 0.717) is 0 Å². The van der Waals surface area contributed by atoms with E-state index in [-0.39, 0.29) is 42.3 Å². The number of nitrogens with zero attached hydrogens (tertiary/aromatic N) is 2. The van der Waals surface area contributed by atoms with Gasteiger partial charge in [0.25, 0.3) is 15.6 Å². The van der Waals surface area contributed by atoms with Gasteiger partial charge in [0.05, 0.1) is 20.9 Å². The lowest BCUT2D eigenvalue weighted by Crippen LogP contribution is -2.34. The molecule has 0 bridgehead atoms. The second kappa shape index (κ2) is 10.2. The van der Waals surface area contributed by atoms with Crippen LogP contribution in [0.25, 0.3) is 16.6 Å². The van der Waals surface area contributed by atoms with E-state index in [1.165, 1.54) is 49.4 Å². The fraction of sp³-hybridized carbons (Fsp3) is 0.136. The summed E-state index contributed by atoms with van der Waals surface area (Å²) in [5.74, 6) is -0.890. The highest BCUT2D eigenvalue weighted by atomic mass is 35.5. The van der Waals surface area contributed by atoms with Crippen molar-refractivity contribution in [2.24, 2.45) is 0 Å². The maximum Gasteiger partial charge on any atom is 0.405 e. The number of hydrogen-bond acceptors (Lipinski definition) is 7. The Hall–Kier alpha value is -3.69. The number of alkyl halides is 3. The third kappa shape index (κ3) is 6.06. The molecule has 0 aliphatic rings. The van der Waals surface area contributed by atoms with E-state index in [1.54, 1.807) is 4.72 Å². The number of carbonyl (C=O) groups is 1. The number of fused-ring (bicyclic) bond motifs is 1. The molecule has 2 amide bonds. The Morgan fingerprint density at radius 2 is 1.82 bits per heavy atom. The predicted molar refractivity (Wildman–Crippen MR) is 135 cm³/mol. The number of aryl methyl sites for hydroxylation is 1. The van der Waals surface area contributed by atoms with E-state index in [0.717, 1.165) is 22.0 Å². The molecule has 2 heterocycles. The minimum Gasteiger partial charge on any atom is -0.376 e. The molecular weight excluding hydrogens is 574 g/mol. The summed E-state index contributed by atoms with van der Waals surface area (Å²) in [6.45, 7) is 0.143. The number of anilines is 2. The van der Waals surface area contributed by atoms with Crippen LogP contribution in [0.2, 0.25) is 4.34 Å². The molecule has 4 aromatic rings. The molecule has 0 atom stereocenters. The maximum absolute atomic E-state index is 15.0. The molecule has 38 heavy (non-hydrogen) atoms. The molecule has 200 valence electrons. The molecule has 0 fully saturated rings. The quantitative estimate of drug-likeness (QED) is 0.271. The largest absolute Gasteiger partial charge is 0.405 e. The molecule has 16 heteroatoms. The molecule has 0 saturated heterocycles. The van der Waals surface area contributed by atoms with Gasteiger partial charge in [0.15, 0.2) is 0 Å². The second-order valence-corrected chi connectivity index (χ2v) is 11.4. The average molecular weight is 590 g/mol. The molecule has 0 saturated carbocycles. The van der Waals surface area contributed by atoms with Crippen molar-refractivity contribution in [2.45, 2.75) is 17.3 Å². The van der Waals surface area contributed by atoms with Crippen molar-refractivity contribution in [3.05, 3.63) is 74.9 Å². The van der Waals surface area contributed by atoms with Crippen molar-refractivity contribution in [2.75, 3.05) is 17.2 Å². The number of nitrogens with one attached hydrogen (secondary N) is 3. The molecular formula is C22H16ClF4N5O4S2. The van der Waals surface area contributed by atoms with Gasteiger partial charge in [-0.25, -0.2) is 27.3 Å². The monoisotopic (exact) mass is 589 g/mol. The van der Waals surface area contributed by atoms with Gasteiger partial charge in [0, 0.05) is 11.4 Å². The zero-order valence-electron chi connectivity index (χ0n) is 19.1. The highest BCUT2D eigenvalue weighted by molar-refractivity contribution is 7.92. The third-order valence-electron chi connectivity index (χ3n) is 5.02. The molecule has 2 aromatic carbocycles. The van der Waals surface area contributed by atoms with E-state index in [4.69, 9.17) is 11.6 Å². The number of thiophene rings is 1. The summed E-state index contributed by atoms with van der Waals surface area (Å²) < 4.78 is 79.7. The minimum atomic E-state index is -4.44. The molecule has 0 unspecified atom stereocenters. The topological polar surface area (TPSA) is 122 Å². The Morgan fingerprint density at radius 1 is 1.11 bits per heavy atom. The van der Waals surface area contributed by atoms with Crippen LogP contribution in [0.5, 0.6) is 0 Å². The fourth-order valence-electron chi connectivity index (χ4n) is 3.43. The van der Waals surface area contributed by atoms with Gasteiger partial charge in [0.1, 0.15) is 22.4 Å². The number of rotatable bonds is 6. The number of aromatic nitrogens is 2. The number of amides is 2. The highest BCUT2D eigenvalue weighted by Crippen LogP contribution is 2.26. The summed E-state index contributed by atoms with van der Waals surface area (Å²) in [5.41, 5.74) is -0.786. The van der Waals surface area contributed by atoms with E-state index in [2.05, 4.69) is 15.6 Å². The van der Waals surface area contributed by atoms with Crippen LogP contribution in [-0.2, 0) is 10.0 Å². The number of halogens is 5. The van der Waals surface area contributed by atoms with Gasteiger partial charge in [-0.3, -0.25) is 9.36 Å². The third-order valence-corrected chi connectivity index (χ3v) is 8.07. The first kappa shape index (κ1) is 27.3. The van der Waals surface area contributed by atoms with Crippen LogP contribution in [-0.4, -0.2) is 36.7 Å². The molecule has 0 aliphatic heterocycles. The summed E-state index contributed by atoms with van der Waals surface area (Å²) in [4.78, 5) is 29.5. The standard InChI is InChI=1S/C22H16ClF4N5O4S2/c1-11-29-16-9-12(28-10-22(25,26)27)2-4-14(16)20(33)32(11)17-5-3-13(8-15(17)24)30-21(34)31-38(35,36)19-7-6-18(23)37-19/h2-9,28H,10H2,1H3,(H2,30,31,34). The lowest BCUT2D eigenvalue weighted by Gasteiger charge is -2.14. The van der Waals surface area contributed by atoms with Crippen molar-refractivity contribution in [3.8, 4) is 5.69 Å². The van der Waals surface area contributed by atoms with Crippen LogP contribution in [0.15, 0.2) is 57.5 Å². The minimum absolute atomic E-state index is 0.0352. The average Bonchev–Trinajstić information content (AvgIpc) is 3.25. The molecule has 0 radical (unpaired) electrons. The molecule has 0 spiro atoms. The van der Waals surface area contributed by atoms with Gasteiger partial charge in [-0.15, -0.1) is 11.3 Å². The summed E-state index contributed by atoms with van der Waals surface area (Å²) in [6, 6.07) is 8.54. The summed E-state index contributed by atoms with van der Waals surface area (Å²) in [7, 11) is -4.20. The Bertz CT molecular complexity index is 1720. The smallest absolute Gasteiger partial charge is 0.376 e. The van der Waals surface area contributed by atoms with Crippen molar-refractivity contribution in [3.63, 3.8) is 0 Å². The fourth-order valence-corrected chi connectivity index (χ4v) is 5.82. The number of benzene rings is 2. The molecule has 2 aromatic heterocycles. The SMILES string of the molecule is Cc1nc2cc(NCC(F)(F)F)ccc2c(=O)n1-c1ccc(NC(=O)NS(=O)(=O)c2ccc(Cl)s2)cc1F. The van der Waals surface area contributed by atoms with E-state index < -0.39 is 40.2 Å². The Morgan fingerprint density at radius 3 is 2.45 bits per heavy atom. The first-order valence-corrected chi connectivity index (χ1v) is 13.1. The number of sulfonamides is 1. The normalized spacial score (nSPS) is 11.9. The highest BCUT2D eigenvalue weighted by Gasteiger charge is 2.26. The lowest BCUT2D eigenvalue weighted by molar-refractivity contribution is -0.115. The van der Waals surface area contributed by atoms with E-state index in [9.17, 15) is 31.2 Å². The summed E-state index contributed by atoms with van der Waals surface area (Å²) >= 11 is 6.46. The number of carbonyl (C=O) groups excluding carboxylic acids is 1. The van der Waals surface area contributed by atoms with Crippen molar-refractivity contribution in [1.82, 2.24) is 14.3 Å². The van der Waals surface area contributed by atoms with Crippen molar-refractivity contribution in [1.29, 1.82) is 0 Å². The molecule has 3 N–H and O–H groups in total. The molecule has 9 nitrogen and oxygen atoms in total. The zero-order valence-corrected chi connectivity index (χ0v) is 21.4. The van der Waals surface area contributed by atoms with E-state index >= 15 is 4.39 Å². The van der Waals surface area contributed by atoms with Crippen LogP contribution in [0.1, 0.15) is 5.82 Å². The van der Waals surface area contributed by atoms with Crippen molar-refractivity contribution < 1.29 is 30.8 Å². The van der Waals surface area contributed by atoms with Crippen LogP contribution in [0.3, 0.4) is 0 Å². The predicted octanol–water partition coefficient (Wildman–Crippen LogP) is 5.03. The van der Waals surface area contributed by atoms with Gasteiger partial charge in [-0.05, 0) is 55.5 Å². The maximum atomic E-state index is 15.0. The summed E-state index contributed by atoms with van der Waals surface area (Å²) in [6.07, 6.45) is -4.44. The summed E-state index contributed by atoms with van der Waals surface area (Å²) in [5, 5.41) is 4.43. The first-order valence-electron chi connectivity index (χ1n) is 10.5. The van der Waals surface area contributed by atoms with Crippen LogP contribution >= 0.6 is 22.9 Å². The molecule has 4 rings (SSSR count). The van der Waals surface area contributed by atoms with Crippen molar-refractivity contribution >= 4 is 61.3 Å². The second-order valence-electron chi connectivity index (χ2n) is 7.78. The number of hydrogen-bond donors (Lipinski definition) is 3. The van der Waals surface area contributed by atoms with E-state index in [1.807, 2.05) is 0 Å². The van der Waals surface area contributed by atoms with Gasteiger partial charge in [0.2, 0.25) is 0 Å². The van der Waals surface area contributed by atoms with Gasteiger partial charge in [-0.1, -0.05) is 11.6 Å². The first-order chi connectivity index (χ1) is 17.7. The van der Waals surface area contributed by atoms with Gasteiger partial charge < -0.3 is 10.6 Å². The molecule has 0 aliphatic carbocycles. The van der Waals surface area contributed by atoms with Crippen LogP contribution in [0, 0.1) is 12.7 Å². The van der Waals surface area contributed by atoms with Gasteiger partial charge >= 0.3 is 12.2 Å². The zero-order chi connectivity index (χ0) is 27.8. The Kier molecular flexibility index (Phi) is 7.36.